The number of nitrogens with one attached hydrogen (secondary N) is 1. The Labute approximate surface area is 204 Å². The lowest BCUT2D eigenvalue weighted by Gasteiger charge is -2.30. The number of halogens is 1. The fraction of sp³-hybridized carbons (Fsp3) is 0.194. The van der Waals surface area contributed by atoms with Crippen LogP contribution in [-0.2, 0) is 19.5 Å². The minimum atomic E-state index is -0.251. The van der Waals surface area contributed by atoms with Crippen LogP contribution in [0.2, 0.25) is 0 Å². The highest BCUT2D eigenvalue weighted by atomic mass is 19.1. The third-order valence-electron chi connectivity index (χ3n) is 6.92. The number of H-pyrrole nitrogens is 1. The molecule has 1 heterocycles. The monoisotopic (exact) mass is 464 g/mol. The molecule has 0 aliphatic carbocycles. The molecule has 0 aliphatic rings. The van der Waals surface area contributed by atoms with E-state index in [1.54, 1.807) is 0 Å². The molecule has 5 rings (SSSR count). The van der Waals surface area contributed by atoms with Crippen LogP contribution in [0, 0.1) is 5.82 Å². The number of nitrogens with zero attached hydrogens (tertiary/aromatic N) is 1. The van der Waals surface area contributed by atoms with E-state index in [1.165, 1.54) is 34.0 Å². The van der Waals surface area contributed by atoms with Crippen molar-refractivity contribution in [2.75, 3.05) is 0 Å². The molecule has 1 N–H and O–H groups in total. The zero-order valence-corrected chi connectivity index (χ0v) is 20.1. The van der Waals surface area contributed by atoms with Crippen molar-refractivity contribution in [2.45, 2.75) is 39.4 Å². The number of aromatic amines is 1. The highest BCUT2D eigenvalue weighted by Crippen LogP contribution is 2.28. The second kappa shape index (κ2) is 9.85. The predicted molar refractivity (Wildman–Crippen MR) is 142 cm³/mol. The normalized spacial score (nSPS) is 12.5. The molecular formula is C31H29FN2O. The van der Waals surface area contributed by atoms with Gasteiger partial charge in [0.05, 0.1) is 0 Å². The maximum atomic E-state index is 13.6. The van der Waals surface area contributed by atoms with E-state index < -0.39 is 0 Å². The molecule has 1 unspecified atom stereocenters. The Morgan fingerprint density at radius 3 is 2.37 bits per heavy atom. The summed E-state index contributed by atoms with van der Waals surface area (Å²) in [7, 11) is 0. The van der Waals surface area contributed by atoms with Gasteiger partial charge in [-0.05, 0) is 76.5 Å². The third kappa shape index (κ3) is 4.89. The fourth-order valence-corrected chi connectivity index (χ4v) is 4.79. The van der Waals surface area contributed by atoms with Crippen LogP contribution in [0.1, 0.15) is 42.1 Å². The van der Waals surface area contributed by atoms with Crippen molar-refractivity contribution >= 4 is 21.7 Å². The van der Waals surface area contributed by atoms with Gasteiger partial charge >= 0.3 is 0 Å². The van der Waals surface area contributed by atoms with Crippen molar-refractivity contribution in [2.24, 2.45) is 0 Å². The van der Waals surface area contributed by atoms with E-state index in [-0.39, 0.29) is 17.4 Å². The van der Waals surface area contributed by atoms with Crippen molar-refractivity contribution in [3.05, 3.63) is 129 Å². The summed E-state index contributed by atoms with van der Waals surface area (Å²) in [5.74, 6) is -0.251. The van der Waals surface area contributed by atoms with E-state index in [9.17, 15) is 9.18 Å². The third-order valence-corrected chi connectivity index (χ3v) is 6.92. The van der Waals surface area contributed by atoms with Gasteiger partial charge in [0.2, 0.25) is 0 Å². The Hall–Kier alpha value is -3.76. The average molecular weight is 465 g/mol. The number of fused-ring (bicyclic) bond motifs is 2. The first kappa shape index (κ1) is 23.0. The predicted octanol–water partition coefficient (Wildman–Crippen LogP) is 7.15. The number of aryl methyl sites for hydroxylation is 1. The van der Waals surface area contributed by atoms with E-state index in [1.807, 2.05) is 30.3 Å². The summed E-state index contributed by atoms with van der Waals surface area (Å²) in [5.41, 5.74) is 4.95. The summed E-state index contributed by atoms with van der Waals surface area (Å²) in [6, 6.07) is 29.5. The molecule has 0 bridgehead atoms. The van der Waals surface area contributed by atoms with Crippen LogP contribution in [0.3, 0.4) is 0 Å². The summed E-state index contributed by atoms with van der Waals surface area (Å²) in [4.78, 5) is 18.4. The highest BCUT2D eigenvalue weighted by molar-refractivity contribution is 5.85. The minimum Gasteiger partial charge on any atom is -0.322 e. The first-order chi connectivity index (χ1) is 17.0. The van der Waals surface area contributed by atoms with E-state index in [2.05, 4.69) is 72.3 Å². The van der Waals surface area contributed by atoms with Crippen molar-refractivity contribution in [1.29, 1.82) is 0 Å². The van der Waals surface area contributed by atoms with Crippen molar-refractivity contribution in [3.63, 3.8) is 0 Å². The van der Waals surface area contributed by atoms with Gasteiger partial charge in [-0.25, -0.2) is 4.39 Å². The zero-order chi connectivity index (χ0) is 24.4. The van der Waals surface area contributed by atoms with Gasteiger partial charge in [0.1, 0.15) is 5.82 Å². The lowest BCUT2D eigenvalue weighted by Crippen LogP contribution is -2.29. The summed E-state index contributed by atoms with van der Waals surface area (Å²) in [5, 5.41) is 3.43. The summed E-state index contributed by atoms with van der Waals surface area (Å²) < 4.78 is 13.6. The molecule has 0 fully saturated rings. The van der Waals surface area contributed by atoms with Gasteiger partial charge in [0.15, 0.2) is 0 Å². The topological polar surface area (TPSA) is 36.1 Å². The molecular weight excluding hydrogens is 435 g/mol. The molecule has 3 nitrogen and oxygen atoms in total. The molecule has 5 aromatic rings. The molecule has 0 aliphatic heterocycles. The SMILES string of the molecule is CCc1ccc2[nH]c(=O)c(CN(Cc3cccc4ccccc34)C(C)c3ccc(F)cc3)cc2c1. The van der Waals surface area contributed by atoms with E-state index in [0.29, 0.717) is 13.1 Å². The number of aromatic nitrogens is 1. The highest BCUT2D eigenvalue weighted by Gasteiger charge is 2.19. The molecule has 0 saturated carbocycles. The molecule has 1 aromatic heterocycles. The Bertz CT molecular complexity index is 1530. The number of pyridine rings is 1. The zero-order valence-electron chi connectivity index (χ0n) is 20.1. The van der Waals surface area contributed by atoms with Crippen LogP contribution in [-0.4, -0.2) is 9.88 Å². The van der Waals surface area contributed by atoms with E-state index in [0.717, 1.165) is 28.5 Å². The van der Waals surface area contributed by atoms with Crippen molar-refractivity contribution < 1.29 is 4.39 Å². The fourth-order valence-electron chi connectivity index (χ4n) is 4.79. The Kier molecular flexibility index (Phi) is 6.47. The molecule has 0 radical (unpaired) electrons. The Balaban J connectivity index is 1.56. The van der Waals surface area contributed by atoms with E-state index >= 15 is 0 Å². The molecule has 1 atom stereocenters. The Morgan fingerprint density at radius 2 is 1.57 bits per heavy atom. The quantitative estimate of drug-likeness (QED) is 0.278. The van der Waals surface area contributed by atoms with Crippen LogP contribution in [0.25, 0.3) is 21.7 Å². The van der Waals surface area contributed by atoms with Gasteiger partial charge < -0.3 is 4.98 Å². The Morgan fingerprint density at radius 1 is 0.829 bits per heavy atom. The molecule has 0 spiro atoms. The minimum absolute atomic E-state index is 0.0216. The summed E-state index contributed by atoms with van der Waals surface area (Å²) in [6.45, 7) is 5.38. The second-order valence-electron chi connectivity index (χ2n) is 9.17. The number of benzene rings is 4. The molecule has 0 amide bonds. The molecule has 35 heavy (non-hydrogen) atoms. The smallest absolute Gasteiger partial charge is 0.252 e. The van der Waals surface area contributed by atoms with Gasteiger partial charge in [-0.2, -0.15) is 0 Å². The van der Waals surface area contributed by atoms with Crippen LogP contribution >= 0.6 is 0 Å². The van der Waals surface area contributed by atoms with Gasteiger partial charge in [-0.3, -0.25) is 9.69 Å². The number of hydrogen-bond donors (Lipinski definition) is 1. The first-order valence-electron chi connectivity index (χ1n) is 12.1. The van der Waals surface area contributed by atoms with Crippen molar-refractivity contribution in [3.8, 4) is 0 Å². The van der Waals surface area contributed by atoms with E-state index in [4.69, 9.17) is 0 Å². The van der Waals surface area contributed by atoms with Crippen LogP contribution < -0.4 is 5.56 Å². The summed E-state index contributed by atoms with van der Waals surface area (Å²) >= 11 is 0. The van der Waals surface area contributed by atoms with Gasteiger partial charge in [-0.1, -0.05) is 67.6 Å². The maximum absolute atomic E-state index is 13.6. The largest absolute Gasteiger partial charge is 0.322 e. The van der Waals surface area contributed by atoms with Gasteiger partial charge in [0.25, 0.3) is 5.56 Å². The molecule has 4 aromatic carbocycles. The van der Waals surface area contributed by atoms with Gasteiger partial charge in [-0.15, -0.1) is 0 Å². The van der Waals surface area contributed by atoms with Crippen LogP contribution in [0.5, 0.6) is 0 Å². The van der Waals surface area contributed by atoms with Crippen LogP contribution in [0.4, 0.5) is 4.39 Å². The lowest BCUT2D eigenvalue weighted by molar-refractivity contribution is 0.192. The maximum Gasteiger partial charge on any atom is 0.252 e. The summed E-state index contributed by atoms with van der Waals surface area (Å²) in [6.07, 6.45) is 0.944. The second-order valence-corrected chi connectivity index (χ2v) is 9.17. The van der Waals surface area contributed by atoms with Crippen LogP contribution in [0.15, 0.2) is 95.8 Å². The van der Waals surface area contributed by atoms with Gasteiger partial charge in [0, 0.05) is 30.2 Å². The first-order valence-corrected chi connectivity index (χ1v) is 12.1. The molecule has 0 saturated heterocycles. The molecule has 4 heteroatoms. The lowest BCUT2D eigenvalue weighted by atomic mass is 10.0. The molecule has 176 valence electrons. The van der Waals surface area contributed by atoms with Crippen molar-refractivity contribution in [1.82, 2.24) is 9.88 Å². The average Bonchev–Trinajstić information content (AvgIpc) is 2.88. The standard InChI is InChI=1S/C31H29FN2O/c1-3-22-11-16-30-26(17-22)18-27(31(35)33-30)20-34(21(2)23-12-14-28(32)15-13-23)19-25-9-6-8-24-7-4-5-10-29(24)25/h4-18,21H,3,19-20H2,1-2H3,(H,33,35). The number of hydrogen-bond acceptors (Lipinski definition) is 2. The number of rotatable bonds is 7.